The lowest BCUT2D eigenvalue weighted by atomic mass is 9.96. The molecule has 0 saturated carbocycles. The highest BCUT2D eigenvalue weighted by Crippen LogP contribution is 2.15. The molecule has 21 heavy (non-hydrogen) atoms. The molecule has 0 heterocycles. The van der Waals surface area contributed by atoms with E-state index >= 15 is 0 Å². The number of para-hydroxylation sites is 1. The van der Waals surface area contributed by atoms with Crippen LogP contribution in [0, 0.1) is 17.8 Å². The number of benzene rings is 2. The van der Waals surface area contributed by atoms with Gasteiger partial charge in [0.05, 0.1) is 5.71 Å². The van der Waals surface area contributed by atoms with Crippen molar-refractivity contribution in [1.29, 1.82) is 0 Å². The van der Waals surface area contributed by atoms with Gasteiger partial charge in [-0.15, -0.1) is 11.8 Å². The van der Waals surface area contributed by atoms with Crippen molar-refractivity contribution in [1.82, 2.24) is 0 Å². The highest BCUT2D eigenvalue weighted by Gasteiger charge is 2.13. The maximum atomic E-state index is 5.56. The second-order valence-corrected chi connectivity index (χ2v) is 4.78. The van der Waals surface area contributed by atoms with Crippen molar-refractivity contribution in [2.24, 2.45) is 11.1 Å². The van der Waals surface area contributed by atoms with Crippen molar-refractivity contribution < 1.29 is 4.84 Å². The zero-order valence-electron chi connectivity index (χ0n) is 12.4. The van der Waals surface area contributed by atoms with Gasteiger partial charge >= 0.3 is 0 Å². The summed E-state index contributed by atoms with van der Waals surface area (Å²) in [5, 5.41) is 4.37. The van der Waals surface area contributed by atoms with Crippen molar-refractivity contribution in [3.8, 4) is 17.6 Å². The summed E-state index contributed by atoms with van der Waals surface area (Å²) < 4.78 is 0. The molecule has 2 nitrogen and oxygen atoms in total. The van der Waals surface area contributed by atoms with Gasteiger partial charge in [-0.2, -0.15) is 0 Å². The molecule has 0 aromatic heterocycles. The van der Waals surface area contributed by atoms with Gasteiger partial charge in [0.25, 0.3) is 0 Å². The van der Waals surface area contributed by atoms with Crippen LogP contribution in [0.3, 0.4) is 0 Å². The van der Waals surface area contributed by atoms with Gasteiger partial charge in [0.15, 0.2) is 5.75 Å². The first-order valence-corrected chi connectivity index (χ1v) is 7.06. The Morgan fingerprint density at radius 2 is 1.67 bits per heavy atom. The van der Waals surface area contributed by atoms with Crippen LogP contribution in [0.1, 0.15) is 25.8 Å². The number of hydrogen-bond acceptors (Lipinski definition) is 2. The van der Waals surface area contributed by atoms with Crippen LogP contribution in [0.25, 0.3) is 0 Å². The lowest BCUT2D eigenvalue weighted by Gasteiger charge is -2.12. The van der Waals surface area contributed by atoms with E-state index in [0.29, 0.717) is 0 Å². The minimum atomic E-state index is 0.212. The molecule has 2 rings (SSSR count). The van der Waals surface area contributed by atoms with Gasteiger partial charge in [0.1, 0.15) is 0 Å². The normalized spacial score (nSPS) is 12.2. The zero-order chi connectivity index (χ0) is 14.9. The maximum absolute atomic E-state index is 5.56. The van der Waals surface area contributed by atoms with Gasteiger partial charge in [-0.05, 0) is 24.6 Å². The third kappa shape index (κ3) is 4.50. The Bertz CT molecular complexity index is 636. The summed E-state index contributed by atoms with van der Waals surface area (Å²) in [6.45, 7) is 3.97. The number of hydrogen-bond donors (Lipinski definition) is 0. The SMILES string of the molecule is CC#CCC(C)/C(=N/Oc1ccccc1)c1ccccc1. The molecule has 0 radical (unpaired) electrons. The van der Waals surface area contributed by atoms with E-state index in [2.05, 4.69) is 23.9 Å². The summed E-state index contributed by atoms with van der Waals surface area (Å²) in [7, 11) is 0. The van der Waals surface area contributed by atoms with E-state index in [9.17, 15) is 0 Å². The first kappa shape index (κ1) is 14.9. The predicted molar refractivity (Wildman–Crippen MR) is 87.3 cm³/mol. The standard InChI is InChI=1S/C19H19NO/c1-3-4-11-16(2)19(17-12-7-5-8-13-17)20-21-18-14-9-6-10-15-18/h5-10,12-16H,11H2,1-2H3/b20-19-. The molecule has 106 valence electrons. The third-order valence-corrected chi connectivity index (χ3v) is 3.11. The molecule has 0 aliphatic carbocycles. The molecule has 0 aliphatic rings. The molecule has 0 saturated heterocycles. The molecule has 1 atom stereocenters. The van der Waals surface area contributed by atoms with Gasteiger partial charge in [-0.3, -0.25) is 0 Å². The van der Waals surface area contributed by atoms with Crippen LogP contribution in [0.15, 0.2) is 65.8 Å². The maximum Gasteiger partial charge on any atom is 0.157 e. The smallest absolute Gasteiger partial charge is 0.157 e. The van der Waals surface area contributed by atoms with Gasteiger partial charge < -0.3 is 4.84 Å². The largest absolute Gasteiger partial charge is 0.357 e. The average molecular weight is 277 g/mol. The minimum Gasteiger partial charge on any atom is -0.357 e. The molecule has 0 spiro atoms. The van der Waals surface area contributed by atoms with Crippen LogP contribution in [-0.2, 0) is 0 Å². The first-order valence-electron chi connectivity index (χ1n) is 7.06. The fourth-order valence-corrected chi connectivity index (χ4v) is 1.97. The third-order valence-electron chi connectivity index (χ3n) is 3.11. The number of oxime groups is 1. The molecular formula is C19H19NO. The minimum absolute atomic E-state index is 0.212. The quantitative estimate of drug-likeness (QED) is 0.447. The Labute approximate surface area is 126 Å². The van der Waals surface area contributed by atoms with Gasteiger partial charge in [0, 0.05) is 12.3 Å². The molecule has 1 unspecified atom stereocenters. The molecule has 0 bridgehead atoms. The molecule has 0 amide bonds. The lowest BCUT2D eigenvalue weighted by Crippen LogP contribution is -2.13. The van der Waals surface area contributed by atoms with Crippen molar-refractivity contribution in [2.75, 3.05) is 0 Å². The Kier molecular flexibility index (Phi) is 5.60. The van der Waals surface area contributed by atoms with E-state index in [4.69, 9.17) is 4.84 Å². The fourth-order valence-electron chi connectivity index (χ4n) is 1.97. The van der Waals surface area contributed by atoms with Crippen LogP contribution in [0.5, 0.6) is 5.75 Å². The van der Waals surface area contributed by atoms with Crippen LogP contribution in [0.2, 0.25) is 0 Å². The van der Waals surface area contributed by atoms with Crippen LogP contribution in [-0.4, -0.2) is 5.71 Å². The van der Waals surface area contributed by atoms with E-state index in [0.717, 1.165) is 23.4 Å². The van der Waals surface area contributed by atoms with E-state index in [1.807, 2.05) is 67.6 Å². The summed E-state index contributed by atoms with van der Waals surface area (Å²) in [6.07, 6.45) is 0.766. The van der Waals surface area contributed by atoms with Gasteiger partial charge in [-0.25, -0.2) is 0 Å². The van der Waals surface area contributed by atoms with Crippen molar-refractivity contribution in [3.05, 3.63) is 66.2 Å². The topological polar surface area (TPSA) is 21.6 Å². The summed E-state index contributed by atoms with van der Waals surface area (Å²) in [5.74, 6) is 6.99. The summed E-state index contributed by atoms with van der Waals surface area (Å²) in [6, 6.07) is 19.7. The Morgan fingerprint density at radius 3 is 2.29 bits per heavy atom. The van der Waals surface area contributed by atoms with Gasteiger partial charge in [-0.1, -0.05) is 60.6 Å². The zero-order valence-corrected chi connectivity index (χ0v) is 12.4. The van der Waals surface area contributed by atoms with Crippen molar-refractivity contribution >= 4 is 5.71 Å². The molecule has 0 N–H and O–H groups in total. The molecule has 2 aromatic rings. The van der Waals surface area contributed by atoms with Crippen LogP contribution in [0.4, 0.5) is 0 Å². The highest BCUT2D eigenvalue weighted by molar-refractivity contribution is 6.01. The molecule has 2 heteroatoms. The molecule has 2 aromatic carbocycles. The molecule has 0 aliphatic heterocycles. The highest BCUT2D eigenvalue weighted by atomic mass is 16.6. The van der Waals surface area contributed by atoms with Gasteiger partial charge in [0.2, 0.25) is 0 Å². The van der Waals surface area contributed by atoms with Crippen LogP contribution < -0.4 is 4.84 Å². The molecule has 0 fully saturated rings. The predicted octanol–water partition coefficient (Wildman–Crippen LogP) is 4.52. The Morgan fingerprint density at radius 1 is 1.05 bits per heavy atom. The second kappa shape index (κ2) is 7.91. The van der Waals surface area contributed by atoms with Crippen molar-refractivity contribution in [2.45, 2.75) is 20.3 Å². The van der Waals surface area contributed by atoms with E-state index in [1.165, 1.54) is 0 Å². The monoisotopic (exact) mass is 277 g/mol. The van der Waals surface area contributed by atoms with E-state index in [1.54, 1.807) is 0 Å². The summed E-state index contributed by atoms with van der Waals surface area (Å²) in [4.78, 5) is 5.56. The lowest BCUT2D eigenvalue weighted by molar-refractivity contribution is 0.338. The Hall–Kier alpha value is -2.53. The molecular weight excluding hydrogens is 258 g/mol. The van der Waals surface area contributed by atoms with Crippen molar-refractivity contribution in [3.63, 3.8) is 0 Å². The van der Waals surface area contributed by atoms with E-state index in [-0.39, 0.29) is 5.92 Å². The average Bonchev–Trinajstić information content (AvgIpc) is 2.55. The first-order chi connectivity index (χ1) is 10.3. The number of rotatable bonds is 5. The van der Waals surface area contributed by atoms with E-state index < -0.39 is 0 Å². The summed E-state index contributed by atoms with van der Waals surface area (Å²) >= 11 is 0. The van der Waals surface area contributed by atoms with Crippen LogP contribution >= 0.6 is 0 Å². The summed E-state index contributed by atoms with van der Waals surface area (Å²) in [5.41, 5.74) is 1.99. The fraction of sp³-hybridized carbons (Fsp3) is 0.211. The Balaban J connectivity index is 2.24. The second-order valence-electron chi connectivity index (χ2n) is 4.78. The number of nitrogens with zero attached hydrogens (tertiary/aromatic N) is 1.